The van der Waals surface area contributed by atoms with Crippen molar-refractivity contribution >= 4 is 33.2 Å². The molecule has 0 aliphatic heterocycles. The first-order chi connectivity index (χ1) is 15.5. The Morgan fingerprint density at radius 1 is 1.12 bits per heavy atom. The van der Waals surface area contributed by atoms with Crippen molar-refractivity contribution in [3.63, 3.8) is 0 Å². The molecule has 3 aromatic rings. The van der Waals surface area contributed by atoms with Crippen molar-refractivity contribution in [1.29, 1.82) is 0 Å². The molecule has 1 atom stereocenters. The Labute approximate surface area is 207 Å². The number of aromatic nitrogens is 1. The van der Waals surface area contributed by atoms with Gasteiger partial charge < -0.3 is 4.90 Å². The summed E-state index contributed by atoms with van der Waals surface area (Å²) in [4.78, 5) is 6.52. The van der Waals surface area contributed by atoms with Gasteiger partial charge in [-0.3, -0.25) is 9.54 Å². The van der Waals surface area contributed by atoms with E-state index in [0.717, 1.165) is 18.5 Å². The van der Waals surface area contributed by atoms with Gasteiger partial charge in [0.25, 0.3) is 10.1 Å². The van der Waals surface area contributed by atoms with E-state index in [2.05, 4.69) is 55.3 Å². The lowest BCUT2D eigenvalue weighted by Crippen LogP contribution is -2.15. The van der Waals surface area contributed by atoms with Crippen molar-refractivity contribution in [2.75, 3.05) is 20.6 Å². The van der Waals surface area contributed by atoms with Crippen LogP contribution in [0.3, 0.4) is 0 Å². The highest BCUT2D eigenvalue weighted by atomic mass is 32.2. The number of hydrogen-bond donors (Lipinski definition) is 1. The molecule has 2 aromatic heterocycles. The Morgan fingerprint density at radius 2 is 1.85 bits per heavy atom. The highest BCUT2D eigenvalue weighted by Gasteiger charge is 2.16. The molecule has 5 nitrogen and oxygen atoms in total. The van der Waals surface area contributed by atoms with Gasteiger partial charge in [-0.25, -0.2) is 0 Å². The highest BCUT2D eigenvalue weighted by molar-refractivity contribution is 8.01. The summed E-state index contributed by atoms with van der Waals surface area (Å²) in [6.45, 7) is 9.06. The largest absolute Gasteiger partial charge is 0.309 e. The Hall–Kier alpha value is -1.71. The molecule has 1 aromatic carbocycles. The summed E-state index contributed by atoms with van der Waals surface area (Å²) in [6, 6.07) is 11.4. The first-order valence-electron chi connectivity index (χ1n) is 10.8. The smallest absolute Gasteiger partial charge is 0.294 e. The molecule has 2 heterocycles. The Kier molecular flexibility index (Phi) is 10.6. The van der Waals surface area contributed by atoms with E-state index in [9.17, 15) is 8.42 Å². The van der Waals surface area contributed by atoms with Crippen LogP contribution >= 0.6 is 23.1 Å². The number of hydrogen-bond acceptors (Lipinski definition) is 6. The van der Waals surface area contributed by atoms with Crippen LogP contribution in [-0.4, -0.2) is 43.5 Å². The fraction of sp³-hybridized carbons (Fsp3) is 0.400. The van der Waals surface area contributed by atoms with Crippen LogP contribution in [0.4, 0.5) is 0 Å². The van der Waals surface area contributed by atoms with Crippen LogP contribution in [0.2, 0.25) is 0 Å². The molecule has 0 saturated heterocycles. The van der Waals surface area contributed by atoms with Gasteiger partial charge in [0.05, 0.1) is 9.10 Å². The van der Waals surface area contributed by atoms with Crippen LogP contribution in [0.5, 0.6) is 0 Å². The van der Waals surface area contributed by atoms with Crippen molar-refractivity contribution in [1.82, 2.24) is 9.88 Å². The summed E-state index contributed by atoms with van der Waals surface area (Å²) in [5.41, 5.74) is 4.22. The number of nitrogens with zero attached hydrogens (tertiary/aromatic N) is 2. The van der Waals surface area contributed by atoms with Gasteiger partial charge in [-0.2, -0.15) is 8.42 Å². The van der Waals surface area contributed by atoms with Gasteiger partial charge in [0, 0.05) is 17.6 Å². The van der Waals surface area contributed by atoms with Crippen molar-refractivity contribution in [2.45, 2.75) is 54.4 Å². The summed E-state index contributed by atoms with van der Waals surface area (Å²) >= 11 is 3.84. The Bertz CT molecular complexity index is 1110. The summed E-state index contributed by atoms with van der Waals surface area (Å²) in [6.07, 6.45) is 4.99. The molecule has 33 heavy (non-hydrogen) atoms. The van der Waals surface area contributed by atoms with Crippen LogP contribution in [-0.2, 0) is 10.1 Å². The third kappa shape index (κ3) is 8.87. The minimum atomic E-state index is -4.06. The van der Waals surface area contributed by atoms with Gasteiger partial charge in [0.1, 0.15) is 0 Å². The van der Waals surface area contributed by atoms with Crippen molar-refractivity contribution in [3.8, 4) is 0 Å². The minimum Gasteiger partial charge on any atom is -0.309 e. The lowest BCUT2D eigenvalue weighted by Gasteiger charge is -2.18. The third-order valence-corrected chi connectivity index (χ3v) is 8.71. The van der Waals surface area contributed by atoms with Crippen molar-refractivity contribution in [3.05, 3.63) is 76.4 Å². The average Bonchev–Trinajstić information content (AvgIpc) is 3.22. The predicted octanol–water partition coefficient (Wildman–Crippen LogP) is 6.60. The molecule has 180 valence electrons. The molecule has 0 saturated carbocycles. The number of pyridine rings is 1. The number of aryl methyl sites for hydroxylation is 1. The topological polar surface area (TPSA) is 70.5 Å². The van der Waals surface area contributed by atoms with Gasteiger partial charge in [-0.15, -0.1) is 23.1 Å². The van der Waals surface area contributed by atoms with Gasteiger partial charge in [-0.1, -0.05) is 32.0 Å². The molecule has 8 heteroatoms. The maximum absolute atomic E-state index is 10.8. The predicted molar refractivity (Wildman–Crippen MR) is 140 cm³/mol. The van der Waals surface area contributed by atoms with E-state index in [4.69, 9.17) is 4.55 Å². The zero-order valence-corrected chi connectivity index (χ0v) is 22.6. The molecule has 3 rings (SSSR count). The lowest BCUT2D eigenvalue weighted by atomic mass is 10.1. The summed E-state index contributed by atoms with van der Waals surface area (Å²) in [5, 5.41) is 2.76. The molecule has 1 N–H and O–H groups in total. The van der Waals surface area contributed by atoms with Crippen molar-refractivity contribution in [2.24, 2.45) is 0 Å². The first kappa shape index (κ1) is 27.5. The molecule has 0 aliphatic rings. The summed E-state index contributed by atoms with van der Waals surface area (Å²) < 4.78 is 31.7. The minimum absolute atomic E-state index is 0.0116. The second-order valence-electron chi connectivity index (χ2n) is 8.51. The normalized spacial score (nSPS) is 12.5. The molecule has 0 fully saturated rings. The molecule has 1 unspecified atom stereocenters. The fourth-order valence-electron chi connectivity index (χ4n) is 3.07. The number of thioether (sulfide) groups is 1. The van der Waals surface area contributed by atoms with Crippen LogP contribution < -0.4 is 0 Å². The van der Waals surface area contributed by atoms with Gasteiger partial charge >= 0.3 is 0 Å². The van der Waals surface area contributed by atoms with E-state index in [1.807, 2.05) is 41.6 Å². The van der Waals surface area contributed by atoms with Crippen LogP contribution in [0.25, 0.3) is 0 Å². The molecule has 0 amide bonds. The first-order valence-corrected chi connectivity index (χ1v) is 14.0. The zero-order valence-electron chi connectivity index (χ0n) is 20.1. The van der Waals surface area contributed by atoms with Gasteiger partial charge in [0.15, 0.2) is 0 Å². The van der Waals surface area contributed by atoms with E-state index in [1.54, 1.807) is 26.0 Å². The monoisotopic (exact) mass is 506 g/mol. The summed E-state index contributed by atoms with van der Waals surface area (Å²) in [5.74, 6) is 0.606. The molecule has 0 bridgehead atoms. The zero-order chi connectivity index (χ0) is 24.6. The van der Waals surface area contributed by atoms with Crippen LogP contribution in [0.1, 0.15) is 53.7 Å². The lowest BCUT2D eigenvalue weighted by molar-refractivity contribution is 0.398. The standard InChI is InChI=1S/C17H24N2S2.C8H10O3S/c1-13(2)15-10-17(20-12-15)21-16(7-9-19(3)4)14-6-5-8-18-11-14;1-6-4-3-5-8(7(6)2)12(9,10)11/h5-6,8,10-13,16H,7,9H2,1-4H3;3-5H,1-2H3,(H,9,10,11). The molecular formula is C25H34N2O3S3. The number of thiophene rings is 1. The molecule has 0 aliphatic carbocycles. The fourth-order valence-corrected chi connectivity index (χ4v) is 6.37. The third-order valence-electron chi connectivity index (χ3n) is 5.25. The SMILES string of the molecule is CC(C)c1csc(SC(CCN(C)C)c2cccnc2)c1.Cc1cccc(S(=O)(=O)O)c1C. The van der Waals surface area contributed by atoms with Crippen LogP contribution in [0.15, 0.2) is 63.3 Å². The van der Waals surface area contributed by atoms with Gasteiger partial charge in [-0.05, 0) is 92.7 Å². The average molecular weight is 507 g/mol. The Morgan fingerprint density at radius 3 is 2.36 bits per heavy atom. The molecular weight excluding hydrogens is 472 g/mol. The van der Waals surface area contributed by atoms with E-state index < -0.39 is 10.1 Å². The number of benzene rings is 1. The van der Waals surface area contributed by atoms with Gasteiger partial charge in [0.2, 0.25) is 0 Å². The van der Waals surface area contributed by atoms with E-state index in [1.165, 1.54) is 21.4 Å². The number of rotatable bonds is 8. The van der Waals surface area contributed by atoms with E-state index in [-0.39, 0.29) is 4.90 Å². The van der Waals surface area contributed by atoms with E-state index >= 15 is 0 Å². The maximum Gasteiger partial charge on any atom is 0.294 e. The quantitative estimate of drug-likeness (QED) is 0.274. The second kappa shape index (κ2) is 12.7. The van der Waals surface area contributed by atoms with Crippen molar-refractivity contribution < 1.29 is 13.0 Å². The highest BCUT2D eigenvalue weighted by Crippen LogP contribution is 2.41. The Balaban J connectivity index is 0.000000273. The summed E-state index contributed by atoms with van der Waals surface area (Å²) in [7, 11) is 0.208. The molecule has 0 spiro atoms. The molecule has 0 radical (unpaired) electrons. The van der Waals surface area contributed by atoms with E-state index in [0.29, 0.717) is 16.7 Å². The van der Waals surface area contributed by atoms with Crippen LogP contribution in [0, 0.1) is 13.8 Å². The maximum atomic E-state index is 10.8. The second-order valence-corrected chi connectivity index (χ2v) is 12.3.